The van der Waals surface area contributed by atoms with Crippen molar-refractivity contribution >= 4 is 28.7 Å². The van der Waals surface area contributed by atoms with E-state index in [0.29, 0.717) is 24.4 Å². The van der Waals surface area contributed by atoms with Crippen molar-refractivity contribution in [3.63, 3.8) is 0 Å². The lowest BCUT2D eigenvalue weighted by Gasteiger charge is -2.33. The summed E-state index contributed by atoms with van der Waals surface area (Å²) < 4.78 is 8.09. The zero-order chi connectivity index (χ0) is 27.4. The molecule has 8 nitrogen and oxygen atoms in total. The maximum absolute atomic E-state index is 12.5. The van der Waals surface area contributed by atoms with Crippen LogP contribution in [-0.2, 0) is 17.7 Å². The van der Waals surface area contributed by atoms with E-state index in [4.69, 9.17) is 15.5 Å². The number of hydrogen-bond acceptors (Lipinski definition) is 4. The summed E-state index contributed by atoms with van der Waals surface area (Å²) >= 11 is 0. The summed E-state index contributed by atoms with van der Waals surface area (Å²) in [6.07, 6.45) is 5.27. The standard InChI is InChI=1S/C31H34N4O4/c1-2-3-10-28-33-26-17-16-23(35(31(32)38)29-11-6-7-18-39-29)19-27(26)34(28)20-21-12-14-22(15-13-21)24-8-4-5-9-25(24)30(36)37/h4-5,8-9,12-17,19,29H,2-3,6-7,10-11,18,20H2,1H3,(H2,32,38)(H,36,37). The average molecular weight is 527 g/mol. The van der Waals surface area contributed by atoms with Gasteiger partial charge in [-0.3, -0.25) is 4.90 Å². The Morgan fingerprint density at radius 2 is 1.90 bits per heavy atom. The Kier molecular flexibility index (Phi) is 7.93. The van der Waals surface area contributed by atoms with Crippen molar-refractivity contribution in [2.24, 2.45) is 5.73 Å². The Balaban J connectivity index is 1.50. The summed E-state index contributed by atoms with van der Waals surface area (Å²) in [5, 5.41) is 9.58. The molecule has 3 N–H and O–H groups in total. The Morgan fingerprint density at radius 1 is 1.10 bits per heavy atom. The number of primary amides is 1. The number of urea groups is 1. The number of amides is 2. The molecule has 202 valence electrons. The molecular formula is C31H34N4O4. The first kappa shape index (κ1) is 26.4. The first-order valence-electron chi connectivity index (χ1n) is 13.6. The quantitative estimate of drug-likeness (QED) is 0.270. The van der Waals surface area contributed by atoms with Crippen LogP contribution in [0.15, 0.2) is 66.7 Å². The highest BCUT2D eigenvalue weighted by Crippen LogP contribution is 2.30. The number of nitrogens with two attached hydrogens (primary N) is 1. The number of ether oxygens (including phenoxy) is 1. The predicted molar refractivity (Wildman–Crippen MR) is 152 cm³/mol. The van der Waals surface area contributed by atoms with Crippen molar-refractivity contribution in [1.82, 2.24) is 9.55 Å². The summed E-state index contributed by atoms with van der Waals surface area (Å²) in [5.74, 6) is 0.0448. The van der Waals surface area contributed by atoms with Gasteiger partial charge in [0.2, 0.25) is 0 Å². The molecule has 0 saturated carbocycles. The van der Waals surface area contributed by atoms with Gasteiger partial charge in [-0.2, -0.15) is 0 Å². The van der Waals surface area contributed by atoms with Gasteiger partial charge in [-0.25, -0.2) is 14.6 Å². The lowest BCUT2D eigenvalue weighted by Crippen LogP contribution is -2.46. The van der Waals surface area contributed by atoms with Crippen molar-refractivity contribution < 1.29 is 19.4 Å². The second-order valence-electron chi connectivity index (χ2n) is 9.97. The molecule has 1 aliphatic rings. The number of carbonyl (C=O) groups excluding carboxylic acids is 1. The largest absolute Gasteiger partial charge is 0.478 e. The summed E-state index contributed by atoms with van der Waals surface area (Å²) in [6, 6.07) is 20.3. The van der Waals surface area contributed by atoms with Gasteiger partial charge >= 0.3 is 12.0 Å². The van der Waals surface area contributed by atoms with E-state index >= 15 is 0 Å². The van der Waals surface area contributed by atoms with Crippen LogP contribution in [-0.4, -0.2) is 39.5 Å². The number of aromatic carboxylic acids is 1. The molecule has 1 aromatic heterocycles. The number of aryl methyl sites for hydroxylation is 1. The number of benzene rings is 3. The van der Waals surface area contributed by atoms with E-state index in [2.05, 4.69) is 11.5 Å². The Bertz CT molecular complexity index is 1470. The number of carboxylic acids is 1. The number of carboxylic acid groups (broad SMARTS) is 1. The second-order valence-corrected chi connectivity index (χ2v) is 9.97. The van der Waals surface area contributed by atoms with Crippen LogP contribution in [0.5, 0.6) is 0 Å². The number of imidazole rings is 1. The van der Waals surface area contributed by atoms with E-state index in [1.807, 2.05) is 54.6 Å². The molecule has 1 atom stereocenters. The van der Waals surface area contributed by atoms with Gasteiger partial charge in [0.05, 0.1) is 22.3 Å². The molecule has 0 bridgehead atoms. The average Bonchev–Trinajstić information content (AvgIpc) is 3.29. The number of anilines is 1. The number of rotatable bonds is 9. The molecule has 8 heteroatoms. The number of hydrogen-bond donors (Lipinski definition) is 2. The van der Waals surface area contributed by atoms with Crippen molar-refractivity contribution in [1.29, 1.82) is 0 Å². The first-order chi connectivity index (χ1) is 19.0. The Hall–Kier alpha value is -4.17. The summed E-state index contributed by atoms with van der Waals surface area (Å²) in [5.41, 5.74) is 11.2. The second kappa shape index (κ2) is 11.7. The molecule has 4 aromatic rings. The lowest BCUT2D eigenvalue weighted by atomic mass is 9.99. The van der Waals surface area contributed by atoms with Crippen molar-refractivity contribution in [2.45, 2.75) is 58.2 Å². The molecule has 2 amide bonds. The number of carbonyl (C=O) groups is 2. The van der Waals surface area contributed by atoms with Crippen molar-refractivity contribution in [3.05, 3.63) is 83.7 Å². The van der Waals surface area contributed by atoms with Crippen LogP contribution in [0, 0.1) is 0 Å². The first-order valence-corrected chi connectivity index (χ1v) is 13.6. The minimum atomic E-state index is -0.945. The lowest BCUT2D eigenvalue weighted by molar-refractivity contribution is 0.0195. The van der Waals surface area contributed by atoms with Crippen LogP contribution in [0.1, 0.15) is 60.8 Å². The van der Waals surface area contributed by atoms with Gasteiger partial charge in [0.25, 0.3) is 0 Å². The third kappa shape index (κ3) is 5.66. The maximum Gasteiger partial charge on any atom is 0.336 e. The molecule has 1 aliphatic heterocycles. The van der Waals surface area contributed by atoms with Crippen LogP contribution >= 0.6 is 0 Å². The fourth-order valence-corrected chi connectivity index (χ4v) is 5.27. The fourth-order valence-electron chi connectivity index (χ4n) is 5.27. The molecule has 5 rings (SSSR count). The third-order valence-electron chi connectivity index (χ3n) is 7.29. The van der Waals surface area contributed by atoms with Gasteiger partial charge in [0, 0.05) is 19.6 Å². The molecule has 2 heterocycles. The molecule has 1 saturated heterocycles. The molecule has 0 radical (unpaired) electrons. The molecule has 3 aromatic carbocycles. The summed E-state index contributed by atoms with van der Waals surface area (Å²) in [6.45, 7) is 3.37. The van der Waals surface area contributed by atoms with E-state index in [1.165, 1.54) is 0 Å². The molecule has 39 heavy (non-hydrogen) atoms. The highest BCUT2D eigenvalue weighted by molar-refractivity contribution is 5.96. The molecule has 0 aliphatic carbocycles. The highest BCUT2D eigenvalue weighted by Gasteiger charge is 2.27. The van der Waals surface area contributed by atoms with Crippen LogP contribution in [0.2, 0.25) is 0 Å². The normalized spacial score (nSPS) is 15.4. The van der Waals surface area contributed by atoms with Gasteiger partial charge < -0.3 is 20.1 Å². The van der Waals surface area contributed by atoms with Gasteiger partial charge in [0.15, 0.2) is 0 Å². The van der Waals surface area contributed by atoms with E-state index in [0.717, 1.165) is 66.5 Å². The maximum atomic E-state index is 12.5. The minimum absolute atomic E-state index is 0.279. The fraction of sp³-hybridized carbons (Fsp3) is 0.323. The van der Waals surface area contributed by atoms with Crippen LogP contribution in [0.4, 0.5) is 10.5 Å². The molecular weight excluding hydrogens is 492 g/mol. The minimum Gasteiger partial charge on any atom is -0.478 e. The Morgan fingerprint density at radius 3 is 2.59 bits per heavy atom. The molecule has 0 spiro atoms. The van der Waals surface area contributed by atoms with Crippen molar-refractivity contribution in [3.8, 4) is 11.1 Å². The van der Waals surface area contributed by atoms with E-state index in [-0.39, 0.29) is 11.8 Å². The SMILES string of the molecule is CCCCc1nc2ccc(N(C(N)=O)C3CCCCO3)cc2n1Cc1ccc(-c2ccccc2C(=O)O)cc1. The van der Waals surface area contributed by atoms with Crippen LogP contribution in [0.3, 0.4) is 0 Å². The van der Waals surface area contributed by atoms with Gasteiger partial charge in [0.1, 0.15) is 12.1 Å². The summed E-state index contributed by atoms with van der Waals surface area (Å²) in [4.78, 5) is 30.7. The monoisotopic (exact) mass is 526 g/mol. The van der Waals surface area contributed by atoms with Crippen LogP contribution < -0.4 is 10.6 Å². The third-order valence-corrected chi connectivity index (χ3v) is 7.29. The van der Waals surface area contributed by atoms with E-state index in [9.17, 15) is 14.7 Å². The number of aromatic nitrogens is 2. The van der Waals surface area contributed by atoms with Gasteiger partial charge in [-0.15, -0.1) is 0 Å². The van der Waals surface area contributed by atoms with Gasteiger partial charge in [-0.05, 0) is 66.6 Å². The van der Waals surface area contributed by atoms with Crippen molar-refractivity contribution in [2.75, 3.05) is 11.5 Å². The smallest absolute Gasteiger partial charge is 0.336 e. The Labute approximate surface area is 228 Å². The number of nitrogens with zero attached hydrogens (tertiary/aromatic N) is 3. The molecule has 1 fully saturated rings. The predicted octanol–water partition coefficient (Wildman–Crippen LogP) is 6.20. The van der Waals surface area contributed by atoms with E-state index in [1.54, 1.807) is 17.0 Å². The van der Waals surface area contributed by atoms with Gasteiger partial charge in [-0.1, -0.05) is 55.8 Å². The zero-order valence-corrected chi connectivity index (χ0v) is 22.2. The highest BCUT2D eigenvalue weighted by atomic mass is 16.5. The number of unbranched alkanes of at least 4 members (excludes halogenated alkanes) is 1. The molecule has 1 unspecified atom stereocenters. The summed E-state index contributed by atoms with van der Waals surface area (Å²) in [7, 11) is 0. The van der Waals surface area contributed by atoms with Crippen LogP contribution in [0.25, 0.3) is 22.2 Å². The topological polar surface area (TPSA) is 111 Å². The number of fused-ring (bicyclic) bond motifs is 1. The van der Waals surface area contributed by atoms with E-state index < -0.39 is 12.0 Å². The zero-order valence-electron chi connectivity index (χ0n) is 22.2.